The van der Waals surface area contributed by atoms with Crippen LogP contribution in [0.3, 0.4) is 0 Å². The molecule has 0 saturated heterocycles. The molecule has 0 spiro atoms. The van der Waals surface area contributed by atoms with Gasteiger partial charge in [0.1, 0.15) is 0 Å². The van der Waals surface area contributed by atoms with Crippen LogP contribution in [0.2, 0.25) is 0 Å². The van der Waals surface area contributed by atoms with Crippen LogP contribution in [0.5, 0.6) is 5.88 Å². The number of carbonyl (C=O) groups excluding carboxylic acids is 1. The third kappa shape index (κ3) is 2.30. The Kier molecular flexibility index (Phi) is 3.48. The Morgan fingerprint density at radius 1 is 1.25 bits per heavy atom. The number of carbonyl (C=O) groups is 1. The molecule has 20 heavy (non-hydrogen) atoms. The van der Waals surface area contributed by atoms with E-state index in [1.165, 1.54) is 11.8 Å². The molecule has 3 rings (SSSR count). The molecule has 0 fully saturated rings. The second-order valence-electron chi connectivity index (χ2n) is 4.42. The molecule has 0 radical (unpaired) electrons. The van der Waals surface area contributed by atoms with Crippen molar-refractivity contribution in [3.8, 4) is 5.88 Å². The number of thiophene rings is 1. The van der Waals surface area contributed by atoms with Gasteiger partial charge in [-0.05, 0) is 34.5 Å². The number of hydrogen-bond donors (Lipinski definition) is 0. The van der Waals surface area contributed by atoms with Crippen molar-refractivity contribution in [3.05, 3.63) is 59.1 Å². The number of pyridine rings is 1. The predicted octanol–water partition coefficient (Wildman–Crippen LogP) is 3.73. The molecule has 0 unspecified atom stereocenters. The van der Waals surface area contributed by atoms with Gasteiger partial charge in [-0.15, -0.1) is 11.3 Å². The van der Waals surface area contributed by atoms with Crippen molar-refractivity contribution in [3.63, 3.8) is 0 Å². The summed E-state index contributed by atoms with van der Waals surface area (Å²) in [5.74, 6) is 0.413. The van der Waals surface area contributed by atoms with Gasteiger partial charge in [-0.25, -0.2) is 4.98 Å². The maximum atomic E-state index is 12.4. The molecule has 2 aromatic heterocycles. The first-order valence-corrected chi connectivity index (χ1v) is 7.15. The molecule has 0 aliphatic carbocycles. The van der Waals surface area contributed by atoms with Crippen molar-refractivity contribution in [2.45, 2.75) is 6.42 Å². The number of fused-ring (bicyclic) bond motifs is 1. The van der Waals surface area contributed by atoms with E-state index in [0.29, 0.717) is 17.9 Å². The number of hydrogen-bond acceptors (Lipinski definition) is 4. The third-order valence-electron chi connectivity index (χ3n) is 3.18. The standard InChI is InChI=1S/C16H13NO2S/c1-19-16-13(6-4-8-17-16)14(18)9-11-10-20-15-7-3-2-5-12(11)15/h2-8,10H,9H2,1H3. The zero-order valence-electron chi connectivity index (χ0n) is 11.0. The highest BCUT2D eigenvalue weighted by Crippen LogP contribution is 2.27. The highest BCUT2D eigenvalue weighted by Gasteiger charge is 2.15. The summed E-state index contributed by atoms with van der Waals surface area (Å²) in [4.78, 5) is 16.5. The lowest BCUT2D eigenvalue weighted by Crippen LogP contribution is -2.06. The SMILES string of the molecule is COc1ncccc1C(=O)Cc1csc2ccccc12. The van der Waals surface area contributed by atoms with Crippen molar-refractivity contribution in [1.29, 1.82) is 0 Å². The van der Waals surface area contributed by atoms with Gasteiger partial charge in [0, 0.05) is 17.3 Å². The van der Waals surface area contributed by atoms with Crippen LogP contribution >= 0.6 is 11.3 Å². The number of benzene rings is 1. The van der Waals surface area contributed by atoms with E-state index < -0.39 is 0 Å². The highest BCUT2D eigenvalue weighted by atomic mass is 32.1. The quantitative estimate of drug-likeness (QED) is 0.685. The van der Waals surface area contributed by atoms with Crippen LogP contribution < -0.4 is 4.74 Å². The summed E-state index contributed by atoms with van der Waals surface area (Å²) >= 11 is 1.66. The first kappa shape index (κ1) is 12.8. The molecule has 0 bridgehead atoms. The van der Waals surface area contributed by atoms with Gasteiger partial charge in [0.15, 0.2) is 5.78 Å². The highest BCUT2D eigenvalue weighted by molar-refractivity contribution is 7.17. The van der Waals surface area contributed by atoms with Crippen molar-refractivity contribution in [2.75, 3.05) is 7.11 Å². The molecule has 2 heterocycles. The summed E-state index contributed by atoms with van der Waals surface area (Å²) in [6.07, 6.45) is 1.99. The zero-order chi connectivity index (χ0) is 13.9. The molecule has 3 nitrogen and oxygen atoms in total. The van der Waals surface area contributed by atoms with Crippen molar-refractivity contribution < 1.29 is 9.53 Å². The summed E-state index contributed by atoms with van der Waals surface area (Å²) in [7, 11) is 1.53. The smallest absolute Gasteiger partial charge is 0.224 e. The summed E-state index contributed by atoms with van der Waals surface area (Å²) in [5.41, 5.74) is 1.59. The monoisotopic (exact) mass is 283 g/mol. The van der Waals surface area contributed by atoms with E-state index in [2.05, 4.69) is 17.1 Å². The Bertz CT molecular complexity index is 764. The molecular formula is C16H13NO2S. The van der Waals surface area contributed by atoms with Crippen LogP contribution in [-0.4, -0.2) is 17.9 Å². The molecule has 0 amide bonds. The summed E-state index contributed by atoms with van der Waals surface area (Å²) < 4.78 is 6.35. The molecule has 4 heteroatoms. The third-order valence-corrected chi connectivity index (χ3v) is 4.19. The summed E-state index contributed by atoms with van der Waals surface area (Å²) in [6, 6.07) is 11.6. The van der Waals surface area contributed by atoms with Crippen LogP contribution in [0.25, 0.3) is 10.1 Å². The molecule has 0 atom stereocenters. The van der Waals surface area contributed by atoms with Gasteiger partial charge in [0.05, 0.1) is 12.7 Å². The van der Waals surface area contributed by atoms with Crippen molar-refractivity contribution in [1.82, 2.24) is 4.98 Å². The Hall–Kier alpha value is -2.20. The Morgan fingerprint density at radius 3 is 2.95 bits per heavy atom. The first-order chi connectivity index (χ1) is 9.79. The van der Waals surface area contributed by atoms with Crippen LogP contribution in [-0.2, 0) is 6.42 Å². The normalized spacial score (nSPS) is 10.7. The molecule has 0 N–H and O–H groups in total. The van der Waals surface area contributed by atoms with Crippen LogP contribution in [0.15, 0.2) is 48.0 Å². The molecule has 100 valence electrons. The second-order valence-corrected chi connectivity index (χ2v) is 5.33. The fraction of sp³-hybridized carbons (Fsp3) is 0.125. The maximum absolute atomic E-state index is 12.4. The average molecular weight is 283 g/mol. The van der Waals surface area contributed by atoms with E-state index in [0.717, 1.165) is 10.9 Å². The summed E-state index contributed by atoms with van der Waals surface area (Å²) in [5, 5.41) is 3.19. The molecular weight excluding hydrogens is 270 g/mol. The minimum atomic E-state index is 0.0264. The molecule has 0 aliphatic heterocycles. The van der Waals surface area contributed by atoms with Gasteiger partial charge in [-0.1, -0.05) is 18.2 Å². The van der Waals surface area contributed by atoms with E-state index in [9.17, 15) is 4.79 Å². The number of methoxy groups -OCH3 is 1. The lowest BCUT2D eigenvalue weighted by atomic mass is 10.0. The van der Waals surface area contributed by atoms with Gasteiger partial charge in [0.2, 0.25) is 5.88 Å². The lowest BCUT2D eigenvalue weighted by molar-refractivity contribution is 0.0989. The molecule has 3 aromatic rings. The van der Waals surface area contributed by atoms with E-state index in [1.54, 1.807) is 29.7 Å². The Labute approximate surface area is 120 Å². The molecule has 0 aliphatic rings. The topological polar surface area (TPSA) is 39.2 Å². The van der Waals surface area contributed by atoms with E-state index in [1.807, 2.05) is 17.5 Å². The number of nitrogens with zero attached hydrogens (tertiary/aromatic N) is 1. The number of Topliss-reactive ketones (excluding diaryl/α,β-unsaturated/α-hetero) is 1. The van der Waals surface area contributed by atoms with Gasteiger partial charge < -0.3 is 4.74 Å². The van der Waals surface area contributed by atoms with Gasteiger partial charge in [0.25, 0.3) is 0 Å². The van der Waals surface area contributed by atoms with Gasteiger partial charge in [-0.3, -0.25) is 4.79 Å². The van der Waals surface area contributed by atoms with Crippen LogP contribution in [0.4, 0.5) is 0 Å². The predicted molar refractivity (Wildman–Crippen MR) is 80.6 cm³/mol. The fourth-order valence-electron chi connectivity index (χ4n) is 2.20. The van der Waals surface area contributed by atoms with E-state index >= 15 is 0 Å². The number of ketones is 1. The van der Waals surface area contributed by atoms with Crippen LogP contribution in [0.1, 0.15) is 15.9 Å². The van der Waals surface area contributed by atoms with E-state index in [-0.39, 0.29) is 5.78 Å². The van der Waals surface area contributed by atoms with Crippen molar-refractivity contribution >= 4 is 27.2 Å². The van der Waals surface area contributed by atoms with Gasteiger partial charge in [-0.2, -0.15) is 0 Å². The fourth-order valence-corrected chi connectivity index (χ4v) is 3.17. The van der Waals surface area contributed by atoms with E-state index in [4.69, 9.17) is 4.74 Å². The van der Waals surface area contributed by atoms with Crippen molar-refractivity contribution in [2.24, 2.45) is 0 Å². The Balaban J connectivity index is 1.93. The second kappa shape index (κ2) is 5.43. The van der Waals surface area contributed by atoms with Gasteiger partial charge >= 0.3 is 0 Å². The zero-order valence-corrected chi connectivity index (χ0v) is 11.8. The van der Waals surface area contributed by atoms with Crippen LogP contribution in [0, 0.1) is 0 Å². The largest absolute Gasteiger partial charge is 0.480 e. The lowest BCUT2D eigenvalue weighted by Gasteiger charge is -2.05. The molecule has 0 saturated carbocycles. The maximum Gasteiger partial charge on any atom is 0.224 e. The number of rotatable bonds is 4. The summed E-state index contributed by atoms with van der Waals surface area (Å²) in [6.45, 7) is 0. The first-order valence-electron chi connectivity index (χ1n) is 6.27. The minimum Gasteiger partial charge on any atom is -0.480 e. The minimum absolute atomic E-state index is 0.0264. The Morgan fingerprint density at radius 2 is 2.10 bits per heavy atom. The number of aromatic nitrogens is 1. The number of ether oxygens (including phenoxy) is 1. The molecule has 1 aromatic carbocycles. The average Bonchev–Trinajstić information content (AvgIpc) is 2.90.